The van der Waals surface area contributed by atoms with Crippen molar-refractivity contribution in [1.29, 1.82) is 0 Å². The highest BCUT2D eigenvalue weighted by Gasteiger charge is 2.33. The molecule has 0 unspecified atom stereocenters. The molecule has 1 N–H and O–H groups in total. The average molecular weight is 390 g/mol. The average Bonchev–Trinajstić information content (AvgIpc) is 2.50. The van der Waals surface area contributed by atoms with Gasteiger partial charge in [-0.1, -0.05) is 19.9 Å². The van der Waals surface area contributed by atoms with Gasteiger partial charge in [0.25, 0.3) is 0 Å². The Balaban J connectivity index is 1.72. The number of carbonyl (C=O) groups excluding carboxylic acids is 1. The fraction of sp³-hybridized carbons (Fsp3) is 0.632. The summed E-state index contributed by atoms with van der Waals surface area (Å²) in [6.45, 7) is 5.46. The van der Waals surface area contributed by atoms with Gasteiger partial charge in [0.1, 0.15) is 11.6 Å². The van der Waals surface area contributed by atoms with Crippen molar-refractivity contribution in [3.63, 3.8) is 0 Å². The van der Waals surface area contributed by atoms with Crippen LogP contribution in [-0.4, -0.2) is 43.2 Å². The number of likely N-dealkylation sites (tertiary alicyclic amines) is 1. The van der Waals surface area contributed by atoms with Crippen LogP contribution in [0.15, 0.2) is 18.2 Å². The van der Waals surface area contributed by atoms with E-state index in [1.165, 1.54) is 6.07 Å². The van der Waals surface area contributed by atoms with Crippen molar-refractivity contribution in [3.05, 3.63) is 29.6 Å². The molecule has 1 aromatic carbocycles. The van der Waals surface area contributed by atoms with Gasteiger partial charge in [0.2, 0.25) is 5.91 Å². The zero-order valence-corrected chi connectivity index (χ0v) is 15.6. The largest absolute Gasteiger partial charge is 0.493 e. The molecule has 2 rings (SSSR count). The zero-order chi connectivity index (χ0) is 20.0. The minimum atomic E-state index is -4.28. The predicted molar refractivity (Wildman–Crippen MR) is 93.8 cm³/mol. The molecule has 0 aromatic heterocycles. The molecule has 0 bridgehead atoms. The normalized spacial score (nSPS) is 15.7. The summed E-state index contributed by atoms with van der Waals surface area (Å²) in [5, 5.41) is 2.30. The van der Waals surface area contributed by atoms with Crippen LogP contribution in [0.3, 0.4) is 0 Å². The van der Waals surface area contributed by atoms with Crippen molar-refractivity contribution in [2.45, 2.75) is 39.4 Å². The second-order valence-electron chi connectivity index (χ2n) is 7.33. The Hall–Kier alpha value is -1.83. The second kappa shape index (κ2) is 9.39. The molecule has 1 aliphatic rings. The van der Waals surface area contributed by atoms with Crippen LogP contribution >= 0.6 is 0 Å². The highest BCUT2D eigenvalue weighted by molar-refractivity contribution is 5.79. The predicted octanol–water partition coefficient (Wildman–Crippen LogP) is 3.75. The Morgan fingerprint density at radius 3 is 2.63 bits per heavy atom. The second-order valence-corrected chi connectivity index (χ2v) is 7.33. The molecular weight excluding hydrogens is 364 g/mol. The van der Waals surface area contributed by atoms with E-state index >= 15 is 0 Å². The fourth-order valence-corrected chi connectivity index (χ4v) is 2.74. The summed E-state index contributed by atoms with van der Waals surface area (Å²) in [6, 6.07) is 4.74. The van der Waals surface area contributed by atoms with Gasteiger partial charge in [-0.05, 0) is 18.4 Å². The topological polar surface area (TPSA) is 41.6 Å². The number of amides is 1. The Morgan fingerprint density at radius 1 is 1.33 bits per heavy atom. The first kappa shape index (κ1) is 21.5. The summed E-state index contributed by atoms with van der Waals surface area (Å²) < 4.78 is 55.9. The van der Waals surface area contributed by atoms with E-state index in [2.05, 4.69) is 19.2 Å². The molecule has 27 heavy (non-hydrogen) atoms. The van der Waals surface area contributed by atoms with Crippen LogP contribution in [-0.2, 0) is 11.3 Å². The first-order valence-corrected chi connectivity index (χ1v) is 9.12. The number of carbonyl (C=O) groups is 1. The number of ether oxygens (including phenoxy) is 1. The molecule has 1 aromatic rings. The maximum absolute atomic E-state index is 14.2. The molecule has 1 heterocycles. The first-order valence-electron chi connectivity index (χ1n) is 9.12. The summed E-state index contributed by atoms with van der Waals surface area (Å²) in [7, 11) is 0. The Bertz CT molecular complexity index is 629. The monoisotopic (exact) mass is 390 g/mol. The minimum absolute atomic E-state index is 0.347. The molecule has 0 radical (unpaired) electrons. The Morgan fingerprint density at radius 2 is 2.04 bits per heavy atom. The highest BCUT2D eigenvalue weighted by atomic mass is 19.4. The van der Waals surface area contributed by atoms with Crippen molar-refractivity contribution in [1.82, 2.24) is 10.2 Å². The molecule has 8 heteroatoms. The van der Waals surface area contributed by atoms with Crippen molar-refractivity contribution < 1.29 is 27.1 Å². The number of rotatable bonds is 9. The van der Waals surface area contributed by atoms with Gasteiger partial charge in [-0.2, -0.15) is 13.2 Å². The lowest BCUT2D eigenvalue weighted by atomic mass is 9.98. The quantitative estimate of drug-likeness (QED) is 0.653. The third kappa shape index (κ3) is 7.36. The van der Waals surface area contributed by atoms with E-state index in [1.807, 2.05) is 4.90 Å². The smallest absolute Gasteiger partial charge is 0.390 e. The summed E-state index contributed by atoms with van der Waals surface area (Å²) in [6.07, 6.45) is -4.42. The summed E-state index contributed by atoms with van der Waals surface area (Å²) in [5.41, 5.74) is 0.502. The summed E-state index contributed by atoms with van der Waals surface area (Å²) in [5.74, 6) is -0.0958. The zero-order valence-electron chi connectivity index (χ0n) is 15.6. The lowest BCUT2D eigenvalue weighted by Crippen LogP contribution is -2.53. The van der Waals surface area contributed by atoms with Gasteiger partial charge >= 0.3 is 6.18 Å². The van der Waals surface area contributed by atoms with Crippen LogP contribution in [0.1, 0.15) is 32.3 Å². The van der Waals surface area contributed by atoms with E-state index in [9.17, 15) is 22.4 Å². The van der Waals surface area contributed by atoms with Crippen LogP contribution < -0.4 is 10.1 Å². The van der Waals surface area contributed by atoms with Gasteiger partial charge in [0.15, 0.2) is 0 Å². The van der Waals surface area contributed by atoms with E-state index in [1.54, 1.807) is 12.1 Å². The molecule has 0 spiro atoms. The van der Waals surface area contributed by atoms with Gasteiger partial charge in [0.05, 0.1) is 18.9 Å². The fourth-order valence-electron chi connectivity index (χ4n) is 2.74. The van der Waals surface area contributed by atoms with Crippen LogP contribution in [0.5, 0.6) is 5.75 Å². The molecule has 1 fully saturated rings. The molecule has 1 aliphatic heterocycles. The van der Waals surface area contributed by atoms with Gasteiger partial charge < -0.3 is 10.1 Å². The van der Waals surface area contributed by atoms with Gasteiger partial charge in [-0.3, -0.25) is 9.69 Å². The minimum Gasteiger partial charge on any atom is -0.493 e. The maximum Gasteiger partial charge on any atom is 0.390 e. The van der Waals surface area contributed by atoms with Gasteiger partial charge in [-0.25, -0.2) is 4.39 Å². The third-order valence-corrected chi connectivity index (χ3v) is 4.42. The van der Waals surface area contributed by atoms with Crippen LogP contribution in [0.2, 0.25) is 0 Å². The number of nitrogens with zero attached hydrogens (tertiary/aromatic N) is 1. The van der Waals surface area contributed by atoms with Crippen molar-refractivity contribution in [2.75, 3.05) is 26.2 Å². The van der Waals surface area contributed by atoms with Crippen LogP contribution in [0.25, 0.3) is 0 Å². The van der Waals surface area contributed by atoms with Gasteiger partial charge in [-0.15, -0.1) is 0 Å². The van der Waals surface area contributed by atoms with Gasteiger partial charge in [0, 0.05) is 37.8 Å². The number of nitrogens with one attached hydrogen (secondary N) is 1. The van der Waals surface area contributed by atoms with E-state index in [0.717, 1.165) is 6.42 Å². The number of benzene rings is 1. The van der Waals surface area contributed by atoms with Crippen molar-refractivity contribution in [3.8, 4) is 5.75 Å². The molecule has 152 valence electrons. The molecule has 4 nitrogen and oxygen atoms in total. The highest BCUT2D eigenvalue weighted by Crippen LogP contribution is 2.23. The third-order valence-electron chi connectivity index (χ3n) is 4.42. The molecule has 0 atom stereocenters. The van der Waals surface area contributed by atoms with Crippen LogP contribution in [0, 0.1) is 17.7 Å². The standard InChI is InChI=1S/C19H26F4N2O2/c1-13(2)5-8-27-16-4-3-14(17(20)9-16)10-25-11-15(12-25)18(26)24-7-6-19(21,22)23/h3-4,9,13,15H,5-8,10-12H2,1-2H3,(H,24,26). The molecule has 1 amide bonds. The summed E-state index contributed by atoms with van der Waals surface area (Å²) >= 11 is 0. The maximum atomic E-state index is 14.2. The van der Waals surface area contributed by atoms with Crippen molar-refractivity contribution >= 4 is 5.91 Å². The van der Waals surface area contributed by atoms with E-state index in [4.69, 9.17) is 4.74 Å². The molecule has 1 saturated heterocycles. The Kier molecular flexibility index (Phi) is 7.47. The molecule has 0 saturated carbocycles. The van der Waals surface area contributed by atoms with E-state index < -0.39 is 19.1 Å². The lowest BCUT2D eigenvalue weighted by molar-refractivity contribution is -0.138. The molecule has 0 aliphatic carbocycles. The first-order chi connectivity index (χ1) is 12.6. The lowest BCUT2D eigenvalue weighted by Gasteiger charge is -2.38. The summed E-state index contributed by atoms with van der Waals surface area (Å²) in [4.78, 5) is 13.7. The number of hydrogen-bond donors (Lipinski definition) is 1. The van der Waals surface area contributed by atoms with Crippen molar-refractivity contribution in [2.24, 2.45) is 11.8 Å². The van der Waals surface area contributed by atoms with E-state index in [0.29, 0.717) is 43.5 Å². The Labute approximate surface area is 156 Å². The van der Waals surface area contributed by atoms with E-state index in [-0.39, 0.29) is 17.6 Å². The molecular formula is C19H26F4N2O2. The SMILES string of the molecule is CC(C)CCOc1ccc(CN2CC(C(=O)NCCC(F)(F)F)C2)c(F)c1. The number of halogens is 4. The van der Waals surface area contributed by atoms with Crippen LogP contribution in [0.4, 0.5) is 17.6 Å². The number of alkyl halides is 3. The number of hydrogen-bond acceptors (Lipinski definition) is 3.